The number of hydrogen-bond acceptors (Lipinski definition) is 2. The molecule has 1 aromatic rings. The van der Waals surface area contributed by atoms with Crippen molar-refractivity contribution in [1.29, 1.82) is 0 Å². The van der Waals surface area contributed by atoms with E-state index < -0.39 is 0 Å². The van der Waals surface area contributed by atoms with E-state index in [0.717, 1.165) is 4.47 Å². The first-order chi connectivity index (χ1) is 6.88. The minimum Gasteiger partial charge on any atom is -0.374 e. The van der Waals surface area contributed by atoms with Crippen molar-refractivity contribution in [3.05, 3.63) is 33.2 Å². The van der Waals surface area contributed by atoms with Gasteiger partial charge < -0.3 is 9.30 Å². The van der Waals surface area contributed by atoms with Gasteiger partial charge in [0, 0.05) is 23.3 Å². The van der Waals surface area contributed by atoms with Crippen LogP contribution in [0, 0.1) is 0 Å². The van der Waals surface area contributed by atoms with Crippen molar-refractivity contribution in [2.75, 3.05) is 6.61 Å². The molecule has 0 bridgehead atoms. The van der Waals surface area contributed by atoms with E-state index in [1.54, 1.807) is 22.9 Å². The summed E-state index contributed by atoms with van der Waals surface area (Å²) in [6.45, 7) is 7.11. The molecule has 0 amide bonds. The number of pyridine rings is 1. The molecule has 0 atom stereocenters. The molecule has 0 unspecified atom stereocenters. The van der Waals surface area contributed by atoms with E-state index in [4.69, 9.17) is 4.74 Å². The van der Waals surface area contributed by atoms with Crippen LogP contribution in [0.25, 0.3) is 0 Å². The molecule has 15 heavy (non-hydrogen) atoms. The summed E-state index contributed by atoms with van der Waals surface area (Å²) >= 11 is 3.33. The minimum absolute atomic E-state index is 0.00397. The molecule has 1 rings (SSSR count). The first-order valence-electron chi connectivity index (χ1n) is 4.88. The van der Waals surface area contributed by atoms with Crippen LogP contribution in [-0.2, 0) is 11.3 Å². The minimum atomic E-state index is -0.157. The third-order valence-electron chi connectivity index (χ3n) is 1.81. The van der Waals surface area contributed by atoms with Crippen LogP contribution in [0.3, 0.4) is 0 Å². The van der Waals surface area contributed by atoms with Crippen molar-refractivity contribution < 1.29 is 4.74 Å². The van der Waals surface area contributed by atoms with Gasteiger partial charge in [0.25, 0.3) is 5.56 Å². The summed E-state index contributed by atoms with van der Waals surface area (Å²) in [5.41, 5.74) is -0.161. The molecular formula is C11H16BrNO2. The quantitative estimate of drug-likeness (QED) is 0.847. The average molecular weight is 274 g/mol. The van der Waals surface area contributed by atoms with Crippen molar-refractivity contribution in [3.8, 4) is 0 Å². The monoisotopic (exact) mass is 273 g/mol. The van der Waals surface area contributed by atoms with E-state index in [-0.39, 0.29) is 11.2 Å². The second-order valence-electron chi connectivity index (χ2n) is 4.34. The molecule has 1 heterocycles. The SMILES string of the molecule is CC(C)(C)OCCn1cc(Br)ccc1=O. The maximum Gasteiger partial charge on any atom is 0.250 e. The van der Waals surface area contributed by atoms with Crippen molar-refractivity contribution in [3.63, 3.8) is 0 Å². The highest BCUT2D eigenvalue weighted by Gasteiger charge is 2.09. The molecule has 0 saturated carbocycles. The Bertz CT molecular complexity index is 379. The zero-order valence-electron chi connectivity index (χ0n) is 9.29. The molecule has 0 spiro atoms. The van der Waals surface area contributed by atoms with Gasteiger partial charge in [-0.2, -0.15) is 0 Å². The Balaban J connectivity index is 2.58. The highest BCUT2D eigenvalue weighted by Crippen LogP contribution is 2.07. The van der Waals surface area contributed by atoms with Crippen LogP contribution in [0.2, 0.25) is 0 Å². The van der Waals surface area contributed by atoms with Crippen molar-refractivity contribution in [1.82, 2.24) is 4.57 Å². The molecule has 0 aliphatic heterocycles. The molecule has 0 aliphatic rings. The van der Waals surface area contributed by atoms with Crippen molar-refractivity contribution in [2.24, 2.45) is 0 Å². The second kappa shape index (κ2) is 4.94. The zero-order valence-corrected chi connectivity index (χ0v) is 10.9. The largest absolute Gasteiger partial charge is 0.374 e. The Labute approximate surface area is 98.2 Å². The van der Waals surface area contributed by atoms with Crippen LogP contribution in [0.5, 0.6) is 0 Å². The number of hydrogen-bond donors (Lipinski definition) is 0. The van der Waals surface area contributed by atoms with E-state index in [0.29, 0.717) is 13.2 Å². The molecule has 84 valence electrons. The number of rotatable bonds is 3. The third kappa shape index (κ3) is 4.62. The number of ether oxygens (including phenoxy) is 1. The topological polar surface area (TPSA) is 31.2 Å². The standard InChI is InChI=1S/C11H16BrNO2/c1-11(2,3)15-7-6-13-8-9(12)4-5-10(13)14/h4-5,8H,6-7H2,1-3H3. The molecular weight excluding hydrogens is 258 g/mol. The van der Waals surface area contributed by atoms with E-state index >= 15 is 0 Å². The van der Waals surface area contributed by atoms with Gasteiger partial charge in [-0.25, -0.2) is 0 Å². The Morgan fingerprint density at radius 3 is 2.67 bits per heavy atom. The van der Waals surface area contributed by atoms with Crippen LogP contribution in [0.15, 0.2) is 27.6 Å². The molecule has 0 fully saturated rings. The lowest BCUT2D eigenvalue weighted by Crippen LogP contribution is -2.25. The number of aromatic nitrogens is 1. The molecule has 0 saturated heterocycles. The average Bonchev–Trinajstić information content (AvgIpc) is 2.09. The smallest absolute Gasteiger partial charge is 0.250 e. The lowest BCUT2D eigenvalue weighted by molar-refractivity contribution is -0.00714. The first-order valence-corrected chi connectivity index (χ1v) is 5.68. The van der Waals surface area contributed by atoms with Crippen LogP contribution in [0.1, 0.15) is 20.8 Å². The summed E-state index contributed by atoms with van der Waals surface area (Å²) in [6, 6.07) is 3.28. The zero-order chi connectivity index (χ0) is 11.5. The van der Waals surface area contributed by atoms with Gasteiger partial charge in [-0.05, 0) is 42.8 Å². The van der Waals surface area contributed by atoms with Gasteiger partial charge in [0.05, 0.1) is 12.2 Å². The Kier molecular flexibility index (Phi) is 4.11. The molecule has 3 nitrogen and oxygen atoms in total. The fourth-order valence-electron chi connectivity index (χ4n) is 1.13. The maximum atomic E-state index is 11.4. The van der Waals surface area contributed by atoms with E-state index in [9.17, 15) is 4.79 Å². The van der Waals surface area contributed by atoms with Gasteiger partial charge in [0.2, 0.25) is 0 Å². The summed E-state index contributed by atoms with van der Waals surface area (Å²) in [5, 5.41) is 0. The summed E-state index contributed by atoms with van der Waals surface area (Å²) in [6.07, 6.45) is 1.77. The fourth-order valence-corrected chi connectivity index (χ4v) is 1.51. The van der Waals surface area contributed by atoms with Gasteiger partial charge in [0.1, 0.15) is 0 Å². The molecule has 1 aromatic heterocycles. The molecule has 4 heteroatoms. The third-order valence-corrected chi connectivity index (χ3v) is 2.28. The van der Waals surface area contributed by atoms with Gasteiger partial charge in [-0.1, -0.05) is 0 Å². The molecule has 0 aliphatic carbocycles. The predicted molar refractivity (Wildman–Crippen MR) is 64.1 cm³/mol. The fraction of sp³-hybridized carbons (Fsp3) is 0.545. The second-order valence-corrected chi connectivity index (χ2v) is 5.26. The summed E-state index contributed by atoms with van der Waals surface area (Å²) in [5.74, 6) is 0. The van der Waals surface area contributed by atoms with Crippen molar-refractivity contribution in [2.45, 2.75) is 32.9 Å². The van der Waals surface area contributed by atoms with Crippen LogP contribution in [0.4, 0.5) is 0 Å². The van der Waals surface area contributed by atoms with Gasteiger partial charge in [0.15, 0.2) is 0 Å². The van der Waals surface area contributed by atoms with Crippen molar-refractivity contribution >= 4 is 15.9 Å². The normalized spacial score (nSPS) is 11.7. The highest BCUT2D eigenvalue weighted by molar-refractivity contribution is 9.10. The van der Waals surface area contributed by atoms with Gasteiger partial charge >= 0.3 is 0 Å². The van der Waals surface area contributed by atoms with Crippen LogP contribution < -0.4 is 5.56 Å². The maximum absolute atomic E-state index is 11.4. The molecule has 0 aromatic carbocycles. The Morgan fingerprint density at radius 2 is 2.07 bits per heavy atom. The number of nitrogens with zero attached hydrogens (tertiary/aromatic N) is 1. The van der Waals surface area contributed by atoms with Crippen LogP contribution in [-0.4, -0.2) is 16.8 Å². The van der Waals surface area contributed by atoms with Gasteiger partial charge in [-0.15, -0.1) is 0 Å². The van der Waals surface area contributed by atoms with Crippen LogP contribution >= 0.6 is 15.9 Å². The summed E-state index contributed by atoms with van der Waals surface area (Å²) in [7, 11) is 0. The first kappa shape index (κ1) is 12.5. The van der Waals surface area contributed by atoms with E-state index in [1.165, 1.54) is 0 Å². The van der Waals surface area contributed by atoms with Gasteiger partial charge in [-0.3, -0.25) is 4.79 Å². The lowest BCUT2D eigenvalue weighted by atomic mass is 10.2. The summed E-state index contributed by atoms with van der Waals surface area (Å²) < 4.78 is 8.09. The highest BCUT2D eigenvalue weighted by atomic mass is 79.9. The van der Waals surface area contributed by atoms with E-state index in [1.807, 2.05) is 20.8 Å². The molecule has 0 N–H and O–H groups in total. The van der Waals surface area contributed by atoms with E-state index in [2.05, 4.69) is 15.9 Å². The lowest BCUT2D eigenvalue weighted by Gasteiger charge is -2.19. The number of halogens is 1. The Morgan fingerprint density at radius 1 is 1.40 bits per heavy atom. The summed E-state index contributed by atoms with van der Waals surface area (Å²) in [4.78, 5) is 11.4. The predicted octanol–water partition coefficient (Wildman–Crippen LogP) is 2.43. The Hall–Kier alpha value is -0.610. The molecule has 0 radical (unpaired) electrons.